The molecule has 0 unspecified atom stereocenters. The van der Waals surface area contributed by atoms with E-state index < -0.39 is 17.5 Å². The molecule has 0 radical (unpaired) electrons. The summed E-state index contributed by atoms with van der Waals surface area (Å²) in [5.74, 6) is -1.52. The first kappa shape index (κ1) is 18.7. The van der Waals surface area contributed by atoms with Gasteiger partial charge in [0, 0.05) is 17.7 Å². The lowest BCUT2D eigenvalue weighted by atomic mass is 10.1. The molecule has 148 valence electrons. The van der Waals surface area contributed by atoms with E-state index in [1.165, 1.54) is 12.1 Å². The summed E-state index contributed by atoms with van der Waals surface area (Å²) >= 11 is 0. The molecule has 2 heterocycles. The van der Waals surface area contributed by atoms with Crippen LogP contribution in [0.2, 0.25) is 0 Å². The van der Waals surface area contributed by atoms with Crippen molar-refractivity contribution in [3.63, 3.8) is 0 Å². The first-order valence-electron chi connectivity index (χ1n) is 8.87. The summed E-state index contributed by atoms with van der Waals surface area (Å²) in [6, 6.07) is 8.82. The Kier molecular flexibility index (Phi) is 4.57. The SMILES string of the molecule is CC(C)Nc1nc(-c2cccc(F)c2)c2c(N)n(-c3cc(F)ccc3F)nc2n1. The van der Waals surface area contributed by atoms with Gasteiger partial charge in [-0.25, -0.2) is 22.8 Å². The number of anilines is 2. The number of nitrogen functional groups attached to an aromatic ring is 1. The average molecular weight is 398 g/mol. The molecular weight excluding hydrogens is 381 g/mol. The Bertz CT molecular complexity index is 1220. The van der Waals surface area contributed by atoms with E-state index in [0.29, 0.717) is 16.6 Å². The zero-order chi connectivity index (χ0) is 20.7. The van der Waals surface area contributed by atoms with Gasteiger partial charge in [0.15, 0.2) is 5.65 Å². The number of aromatic nitrogens is 4. The molecule has 6 nitrogen and oxygen atoms in total. The first-order chi connectivity index (χ1) is 13.8. The molecule has 0 amide bonds. The van der Waals surface area contributed by atoms with E-state index in [0.717, 1.165) is 22.9 Å². The second-order valence-electron chi connectivity index (χ2n) is 6.80. The summed E-state index contributed by atoms with van der Waals surface area (Å²) in [5, 5.41) is 7.65. The van der Waals surface area contributed by atoms with E-state index in [1.807, 2.05) is 13.8 Å². The van der Waals surface area contributed by atoms with Crippen LogP contribution in [0.15, 0.2) is 42.5 Å². The molecule has 4 rings (SSSR count). The van der Waals surface area contributed by atoms with E-state index >= 15 is 0 Å². The summed E-state index contributed by atoms with van der Waals surface area (Å²) < 4.78 is 42.9. The summed E-state index contributed by atoms with van der Waals surface area (Å²) in [6.45, 7) is 3.81. The first-order valence-corrected chi connectivity index (χ1v) is 8.87. The molecule has 0 atom stereocenters. The molecule has 4 aromatic rings. The highest BCUT2D eigenvalue weighted by molar-refractivity contribution is 5.99. The van der Waals surface area contributed by atoms with Crippen LogP contribution in [0.25, 0.3) is 28.0 Å². The van der Waals surface area contributed by atoms with E-state index in [-0.39, 0.29) is 29.1 Å². The zero-order valence-corrected chi connectivity index (χ0v) is 15.6. The summed E-state index contributed by atoms with van der Waals surface area (Å²) in [5.41, 5.74) is 7.03. The highest BCUT2D eigenvalue weighted by Crippen LogP contribution is 2.33. The molecule has 0 spiro atoms. The van der Waals surface area contributed by atoms with Gasteiger partial charge < -0.3 is 11.1 Å². The molecule has 0 bridgehead atoms. The summed E-state index contributed by atoms with van der Waals surface area (Å²) in [4.78, 5) is 8.81. The van der Waals surface area contributed by atoms with E-state index in [9.17, 15) is 13.2 Å². The molecular formula is C20H17F3N6. The third kappa shape index (κ3) is 3.46. The van der Waals surface area contributed by atoms with Crippen molar-refractivity contribution >= 4 is 22.8 Å². The number of rotatable bonds is 4. The number of hydrogen-bond donors (Lipinski definition) is 2. The lowest BCUT2D eigenvalue weighted by molar-refractivity contribution is 0.588. The van der Waals surface area contributed by atoms with Gasteiger partial charge in [-0.05, 0) is 38.1 Å². The Balaban J connectivity index is 2.02. The summed E-state index contributed by atoms with van der Waals surface area (Å²) in [7, 11) is 0. The fourth-order valence-electron chi connectivity index (χ4n) is 3.01. The standard InChI is InChI=1S/C20H17F3N6/c1-10(2)25-20-26-17(11-4-3-5-12(21)8-11)16-18(24)29(28-19(16)27-20)15-9-13(22)6-7-14(15)23/h3-10H,24H2,1-2H3,(H,25,27,28). The minimum Gasteiger partial charge on any atom is -0.383 e. The molecule has 0 fully saturated rings. The van der Waals surface area contributed by atoms with Crippen molar-refractivity contribution < 1.29 is 13.2 Å². The highest BCUT2D eigenvalue weighted by atomic mass is 19.1. The smallest absolute Gasteiger partial charge is 0.225 e. The van der Waals surface area contributed by atoms with Crippen LogP contribution in [-0.4, -0.2) is 25.8 Å². The molecule has 2 aromatic heterocycles. The van der Waals surface area contributed by atoms with E-state index in [4.69, 9.17) is 5.73 Å². The number of fused-ring (bicyclic) bond motifs is 1. The van der Waals surface area contributed by atoms with Crippen LogP contribution in [0.4, 0.5) is 24.9 Å². The lowest BCUT2D eigenvalue weighted by Crippen LogP contribution is -2.13. The van der Waals surface area contributed by atoms with Crippen molar-refractivity contribution in [3.05, 3.63) is 59.9 Å². The second kappa shape index (κ2) is 7.08. The predicted octanol–water partition coefficient (Wildman–Crippen LogP) is 4.30. The number of hydrogen-bond acceptors (Lipinski definition) is 5. The van der Waals surface area contributed by atoms with Crippen LogP contribution in [0.1, 0.15) is 13.8 Å². The van der Waals surface area contributed by atoms with Gasteiger partial charge in [0.05, 0.1) is 11.1 Å². The maximum Gasteiger partial charge on any atom is 0.225 e. The third-order valence-electron chi connectivity index (χ3n) is 4.22. The molecule has 0 aliphatic carbocycles. The van der Waals surface area contributed by atoms with Gasteiger partial charge in [0.1, 0.15) is 29.0 Å². The molecule has 0 saturated heterocycles. The third-order valence-corrected chi connectivity index (χ3v) is 4.22. The van der Waals surface area contributed by atoms with Gasteiger partial charge in [-0.1, -0.05) is 12.1 Å². The van der Waals surface area contributed by atoms with Crippen LogP contribution >= 0.6 is 0 Å². The summed E-state index contributed by atoms with van der Waals surface area (Å²) in [6.07, 6.45) is 0. The molecule has 0 aliphatic heterocycles. The second-order valence-corrected chi connectivity index (χ2v) is 6.80. The minimum absolute atomic E-state index is 0.0138. The van der Waals surface area contributed by atoms with Crippen molar-refractivity contribution in [2.45, 2.75) is 19.9 Å². The Hall–Kier alpha value is -3.62. The van der Waals surface area contributed by atoms with Crippen molar-refractivity contribution in [1.29, 1.82) is 0 Å². The fraction of sp³-hybridized carbons (Fsp3) is 0.150. The molecule has 0 aliphatic rings. The van der Waals surface area contributed by atoms with Gasteiger partial charge in [0.25, 0.3) is 0 Å². The van der Waals surface area contributed by atoms with E-state index in [1.54, 1.807) is 12.1 Å². The van der Waals surface area contributed by atoms with Crippen LogP contribution in [0.5, 0.6) is 0 Å². The number of benzene rings is 2. The Labute approximate surface area is 164 Å². The van der Waals surface area contributed by atoms with Crippen molar-refractivity contribution in [1.82, 2.24) is 19.7 Å². The highest BCUT2D eigenvalue weighted by Gasteiger charge is 2.21. The largest absolute Gasteiger partial charge is 0.383 e. The molecule has 3 N–H and O–H groups in total. The molecule has 0 saturated carbocycles. The number of halogens is 3. The average Bonchev–Trinajstić information content (AvgIpc) is 2.99. The van der Waals surface area contributed by atoms with Crippen molar-refractivity contribution in [3.8, 4) is 16.9 Å². The Morgan fingerprint density at radius 1 is 1.00 bits per heavy atom. The quantitative estimate of drug-likeness (QED) is 0.536. The topological polar surface area (TPSA) is 81.6 Å². The molecule has 2 aromatic carbocycles. The van der Waals surface area contributed by atoms with Crippen LogP contribution in [0.3, 0.4) is 0 Å². The van der Waals surface area contributed by atoms with Gasteiger partial charge in [0.2, 0.25) is 5.95 Å². The van der Waals surface area contributed by atoms with Gasteiger partial charge in [-0.15, -0.1) is 5.10 Å². The van der Waals surface area contributed by atoms with Crippen molar-refractivity contribution in [2.75, 3.05) is 11.1 Å². The fourth-order valence-corrected chi connectivity index (χ4v) is 3.01. The van der Waals surface area contributed by atoms with Gasteiger partial charge in [-0.3, -0.25) is 0 Å². The van der Waals surface area contributed by atoms with Gasteiger partial charge >= 0.3 is 0 Å². The number of nitrogens with one attached hydrogen (secondary N) is 1. The van der Waals surface area contributed by atoms with E-state index in [2.05, 4.69) is 20.4 Å². The number of nitrogens with two attached hydrogens (primary N) is 1. The minimum atomic E-state index is -0.702. The Morgan fingerprint density at radius 2 is 1.76 bits per heavy atom. The number of nitrogens with zero attached hydrogens (tertiary/aromatic N) is 4. The van der Waals surface area contributed by atoms with Crippen LogP contribution < -0.4 is 11.1 Å². The predicted molar refractivity (Wildman–Crippen MR) is 105 cm³/mol. The zero-order valence-electron chi connectivity index (χ0n) is 15.6. The lowest BCUT2D eigenvalue weighted by Gasteiger charge is -2.10. The monoisotopic (exact) mass is 398 g/mol. The van der Waals surface area contributed by atoms with Gasteiger partial charge in [-0.2, -0.15) is 4.98 Å². The molecule has 9 heteroatoms. The normalized spacial score (nSPS) is 11.4. The van der Waals surface area contributed by atoms with Crippen LogP contribution in [0, 0.1) is 17.5 Å². The maximum absolute atomic E-state index is 14.3. The molecule has 29 heavy (non-hydrogen) atoms. The van der Waals surface area contributed by atoms with Crippen molar-refractivity contribution in [2.24, 2.45) is 0 Å². The van der Waals surface area contributed by atoms with Crippen LogP contribution in [-0.2, 0) is 0 Å². The Morgan fingerprint density at radius 3 is 2.48 bits per heavy atom. The maximum atomic E-state index is 14.3.